The highest BCUT2D eigenvalue weighted by Gasteiger charge is 2.20. The number of aromatic nitrogens is 7. The molecule has 0 aliphatic rings. The number of tetrazole rings is 1. The van der Waals surface area contributed by atoms with E-state index >= 15 is 0 Å². The number of methoxy groups -OCH3 is 1. The fraction of sp³-hybridized carbons (Fsp3) is 0.111. The van der Waals surface area contributed by atoms with Gasteiger partial charge in [-0.15, -0.1) is 21.5 Å². The van der Waals surface area contributed by atoms with E-state index in [1.807, 2.05) is 5.38 Å². The van der Waals surface area contributed by atoms with Crippen molar-refractivity contribution in [1.82, 2.24) is 40.7 Å². The molecular formula is C27H20Cl2IN9O3S. The first kappa shape index (κ1) is 30.5. The van der Waals surface area contributed by atoms with Crippen LogP contribution in [-0.4, -0.2) is 54.5 Å². The maximum absolute atomic E-state index is 13.2. The SMILES string of the molecule is COC(=O)Nc1ccc(-c2cc(C(Cc3csc(I)n3)NC(=O)/C=C/c3cc(Cl)ccc3-n3cnnn3)nnc2Cl)cc1. The Morgan fingerprint density at radius 2 is 1.95 bits per heavy atom. The highest BCUT2D eigenvalue weighted by atomic mass is 127. The molecule has 0 aliphatic carbocycles. The Morgan fingerprint density at radius 3 is 2.65 bits per heavy atom. The normalized spacial score (nSPS) is 11.8. The molecule has 1 unspecified atom stereocenters. The summed E-state index contributed by atoms with van der Waals surface area (Å²) < 4.78 is 6.98. The first-order valence-electron chi connectivity index (χ1n) is 12.4. The Labute approximate surface area is 272 Å². The largest absolute Gasteiger partial charge is 0.453 e. The topological polar surface area (TPSA) is 150 Å². The number of ether oxygens (including phenoxy) is 1. The highest BCUT2D eigenvalue weighted by Crippen LogP contribution is 2.30. The molecule has 3 heterocycles. The van der Waals surface area contributed by atoms with Gasteiger partial charge in [0, 0.05) is 39.7 Å². The van der Waals surface area contributed by atoms with Crippen LogP contribution in [0.2, 0.25) is 10.2 Å². The zero-order valence-electron chi connectivity index (χ0n) is 22.1. The molecule has 0 bridgehead atoms. The van der Waals surface area contributed by atoms with E-state index in [0.29, 0.717) is 39.6 Å². The van der Waals surface area contributed by atoms with Crippen molar-refractivity contribution in [2.24, 2.45) is 0 Å². The average Bonchev–Trinajstić information content (AvgIpc) is 3.68. The summed E-state index contributed by atoms with van der Waals surface area (Å²) >= 11 is 16.3. The predicted octanol–water partition coefficient (Wildman–Crippen LogP) is 5.78. The van der Waals surface area contributed by atoms with E-state index in [4.69, 9.17) is 23.2 Å². The molecule has 2 amide bonds. The summed E-state index contributed by atoms with van der Waals surface area (Å²) in [4.78, 5) is 29.3. The molecule has 0 radical (unpaired) electrons. The van der Waals surface area contributed by atoms with Gasteiger partial charge in [0.2, 0.25) is 5.91 Å². The quantitative estimate of drug-likeness (QED) is 0.141. The zero-order chi connectivity index (χ0) is 30.3. The number of hydrogen-bond donors (Lipinski definition) is 2. The zero-order valence-corrected chi connectivity index (χ0v) is 26.6. The van der Waals surface area contributed by atoms with Crippen molar-refractivity contribution in [2.75, 3.05) is 12.4 Å². The number of amides is 2. The van der Waals surface area contributed by atoms with Gasteiger partial charge in [-0.25, -0.2) is 9.78 Å². The Balaban J connectivity index is 1.42. The van der Waals surface area contributed by atoms with Crippen LogP contribution in [0.15, 0.2) is 66.3 Å². The summed E-state index contributed by atoms with van der Waals surface area (Å²) in [6.07, 6.45) is 4.26. The van der Waals surface area contributed by atoms with Crippen LogP contribution >= 0.6 is 57.1 Å². The fourth-order valence-electron chi connectivity index (χ4n) is 4.01. The van der Waals surface area contributed by atoms with E-state index in [1.165, 1.54) is 35.5 Å². The van der Waals surface area contributed by atoms with Crippen LogP contribution in [0.25, 0.3) is 22.9 Å². The Kier molecular flexibility index (Phi) is 9.91. The predicted molar refractivity (Wildman–Crippen MR) is 171 cm³/mol. The summed E-state index contributed by atoms with van der Waals surface area (Å²) in [6, 6.07) is 13.3. The lowest BCUT2D eigenvalue weighted by molar-refractivity contribution is -0.117. The van der Waals surface area contributed by atoms with Crippen molar-refractivity contribution in [3.63, 3.8) is 0 Å². The van der Waals surface area contributed by atoms with E-state index in [9.17, 15) is 9.59 Å². The minimum Gasteiger partial charge on any atom is -0.453 e. The summed E-state index contributed by atoms with van der Waals surface area (Å²) in [5.41, 5.74) is 4.44. The molecule has 12 nitrogen and oxygen atoms in total. The van der Waals surface area contributed by atoms with Gasteiger partial charge in [-0.1, -0.05) is 35.3 Å². The molecule has 16 heteroatoms. The Morgan fingerprint density at radius 1 is 1.14 bits per heavy atom. The van der Waals surface area contributed by atoms with E-state index in [-0.39, 0.29) is 11.1 Å². The van der Waals surface area contributed by atoms with Gasteiger partial charge in [-0.3, -0.25) is 10.1 Å². The number of carbonyl (C=O) groups excluding carboxylic acids is 2. The summed E-state index contributed by atoms with van der Waals surface area (Å²) in [5, 5.41) is 28.0. The second-order valence-corrected chi connectivity index (χ2v) is 12.2. The lowest BCUT2D eigenvalue weighted by Gasteiger charge is -2.17. The summed E-state index contributed by atoms with van der Waals surface area (Å²) in [7, 11) is 1.29. The number of hydrogen-bond acceptors (Lipinski definition) is 10. The van der Waals surface area contributed by atoms with Gasteiger partial charge >= 0.3 is 6.09 Å². The third kappa shape index (κ3) is 7.90. The van der Waals surface area contributed by atoms with Crippen LogP contribution in [-0.2, 0) is 16.0 Å². The molecule has 0 saturated heterocycles. The van der Waals surface area contributed by atoms with Crippen LogP contribution in [0.3, 0.4) is 0 Å². The molecular weight excluding hydrogens is 728 g/mol. The average molecular weight is 748 g/mol. The molecule has 0 fully saturated rings. The minimum absolute atomic E-state index is 0.182. The van der Waals surface area contributed by atoms with E-state index < -0.39 is 12.1 Å². The molecule has 0 aliphatic heterocycles. The maximum Gasteiger partial charge on any atom is 0.411 e. The van der Waals surface area contributed by atoms with Crippen LogP contribution < -0.4 is 10.6 Å². The van der Waals surface area contributed by atoms with Crippen molar-refractivity contribution < 1.29 is 14.3 Å². The summed E-state index contributed by atoms with van der Waals surface area (Å²) in [5.74, 6) is -0.380. The number of halogens is 3. The van der Waals surface area contributed by atoms with E-state index in [0.717, 1.165) is 14.3 Å². The van der Waals surface area contributed by atoms with Crippen molar-refractivity contribution in [3.8, 4) is 16.8 Å². The minimum atomic E-state index is -0.586. The van der Waals surface area contributed by atoms with Crippen molar-refractivity contribution >= 4 is 80.9 Å². The van der Waals surface area contributed by atoms with Crippen molar-refractivity contribution in [2.45, 2.75) is 12.5 Å². The monoisotopic (exact) mass is 747 g/mol. The van der Waals surface area contributed by atoms with Crippen molar-refractivity contribution in [3.05, 3.63) is 96.5 Å². The van der Waals surface area contributed by atoms with Gasteiger partial charge in [0.05, 0.1) is 30.2 Å². The van der Waals surface area contributed by atoms with Gasteiger partial charge in [-0.2, -0.15) is 9.78 Å². The second-order valence-electron chi connectivity index (χ2n) is 8.82. The Hall–Kier alpha value is -3.99. The molecule has 5 rings (SSSR count). The smallest absolute Gasteiger partial charge is 0.411 e. The number of thiazole rings is 1. The molecule has 3 aromatic heterocycles. The second kappa shape index (κ2) is 14.0. The van der Waals surface area contributed by atoms with Gasteiger partial charge in [0.15, 0.2) is 8.17 Å². The number of rotatable bonds is 9. The molecule has 0 spiro atoms. The summed E-state index contributed by atoms with van der Waals surface area (Å²) in [6.45, 7) is 0. The van der Waals surface area contributed by atoms with Crippen LogP contribution in [0, 0.1) is 3.01 Å². The van der Waals surface area contributed by atoms with E-state index in [1.54, 1.807) is 54.6 Å². The molecule has 43 heavy (non-hydrogen) atoms. The van der Waals surface area contributed by atoms with Gasteiger partial charge in [0.25, 0.3) is 0 Å². The number of nitrogens with zero attached hydrogens (tertiary/aromatic N) is 7. The molecule has 1 atom stereocenters. The van der Waals surface area contributed by atoms with Gasteiger partial charge in [0.1, 0.15) is 6.33 Å². The third-order valence-electron chi connectivity index (χ3n) is 6.01. The first-order valence-corrected chi connectivity index (χ1v) is 15.1. The Bertz CT molecular complexity index is 1780. The van der Waals surface area contributed by atoms with Gasteiger partial charge in [-0.05, 0) is 81.1 Å². The molecule has 5 aromatic rings. The van der Waals surface area contributed by atoms with Gasteiger partial charge < -0.3 is 10.1 Å². The lowest BCUT2D eigenvalue weighted by atomic mass is 10.0. The molecule has 218 valence electrons. The third-order valence-corrected chi connectivity index (χ3v) is 8.20. The van der Waals surface area contributed by atoms with Crippen molar-refractivity contribution in [1.29, 1.82) is 0 Å². The number of benzene rings is 2. The highest BCUT2D eigenvalue weighted by molar-refractivity contribution is 14.1. The first-order chi connectivity index (χ1) is 20.8. The van der Waals surface area contributed by atoms with Crippen LogP contribution in [0.1, 0.15) is 23.0 Å². The maximum atomic E-state index is 13.2. The van der Waals surface area contributed by atoms with E-state index in [2.05, 4.69) is 68.7 Å². The number of anilines is 1. The molecule has 0 saturated carbocycles. The van der Waals surface area contributed by atoms with Crippen LogP contribution in [0.4, 0.5) is 10.5 Å². The fourth-order valence-corrected chi connectivity index (χ4v) is 5.63. The molecule has 2 N–H and O–H groups in total. The number of nitrogens with one attached hydrogen (secondary N) is 2. The lowest BCUT2D eigenvalue weighted by Crippen LogP contribution is -2.29. The number of carbonyl (C=O) groups is 2. The van der Waals surface area contributed by atoms with Crippen LogP contribution in [0.5, 0.6) is 0 Å². The standard InChI is InChI=1S/C27H20Cl2IN9O3S/c1-42-27(41)33-18-6-2-15(3-7-18)20-12-22(35-36-25(20)29)21(11-19-13-43-26(30)32-19)34-24(40)9-4-16-10-17(28)5-8-23(16)39-14-31-37-38-39/h2-10,12-14,21H,11H2,1H3,(H,33,41)(H,34,40)/b9-4+. The molecule has 2 aromatic carbocycles.